The Kier molecular flexibility index (Phi) is 5.68. The molecule has 5 nitrogen and oxygen atoms in total. The molecule has 6 heteroatoms. The Morgan fingerprint density at radius 1 is 1.28 bits per heavy atom. The Balaban J connectivity index is 1.92. The van der Waals surface area contributed by atoms with Crippen LogP contribution in [0.5, 0.6) is 5.75 Å². The first-order valence-corrected chi connectivity index (χ1v) is 10.9. The predicted molar refractivity (Wildman–Crippen MR) is 119 cm³/mol. The molecule has 0 atom stereocenters. The molecule has 2 heterocycles. The van der Waals surface area contributed by atoms with Crippen LogP contribution in [0.25, 0.3) is 16.9 Å². The molecule has 1 aliphatic carbocycles. The lowest BCUT2D eigenvalue weighted by Crippen LogP contribution is -2.28. The van der Waals surface area contributed by atoms with Crippen molar-refractivity contribution in [2.75, 3.05) is 25.1 Å². The molecular weight excluding hydrogens is 384 g/mol. The molecule has 0 radical (unpaired) electrons. The van der Waals surface area contributed by atoms with Gasteiger partial charge in [-0.05, 0) is 56.2 Å². The number of rotatable bonds is 8. The SMILES string of the molecule is CCCN(CC1CC1)c1c(CC)nc2c(-c3c(Cl)cc(C)cc3OC)nccn12. The Hall–Kier alpha value is -2.27. The van der Waals surface area contributed by atoms with Gasteiger partial charge < -0.3 is 9.64 Å². The van der Waals surface area contributed by atoms with Gasteiger partial charge in [0.2, 0.25) is 0 Å². The van der Waals surface area contributed by atoms with Crippen molar-refractivity contribution in [2.45, 2.75) is 46.5 Å². The molecular formula is C23H29ClN4O. The molecule has 1 saturated carbocycles. The third-order valence-corrected chi connectivity index (χ3v) is 5.84. The van der Waals surface area contributed by atoms with E-state index in [-0.39, 0.29) is 0 Å². The fraction of sp³-hybridized carbons (Fsp3) is 0.478. The maximum atomic E-state index is 6.65. The predicted octanol–water partition coefficient (Wildman–Crippen LogP) is 5.56. The molecule has 0 amide bonds. The summed E-state index contributed by atoms with van der Waals surface area (Å²) in [6.45, 7) is 8.54. The highest BCUT2D eigenvalue weighted by atomic mass is 35.5. The zero-order chi connectivity index (χ0) is 20.5. The Labute approximate surface area is 177 Å². The van der Waals surface area contributed by atoms with Gasteiger partial charge in [0.05, 0.1) is 23.4 Å². The van der Waals surface area contributed by atoms with Gasteiger partial charge in [-0.3, -0.25) is 9.38 Å². The number of fused-ring (bicyclic) bond motifs is 1. The second-order valence-corrected chi connectivity index (χ2v) is 8.33. The number of halogens is 1. The number of anilines is 1. The minimum Gasteiger partial charge on any atom is -0.496 e. The summed E-state index contributed by atoms with van der Waals surface area (Å²) < 4.78 is 7.84. The largest absolute Gasteiger partial charge is 0.496 e. The second-order valence-electron chi connectivity index (χ2n) is 7.92. The van der Waals surface area contributed by atoms with E-state index in [1.165, 1.54) is 18.7 Å². The van der Waals surface area contributed by atoms with Crippen molar-refractivity contribution in [2.24, 2.45) is 5.92 Å². The maximum Gasteiger partial charge on any atom is 0.165 e. The molecule has 1 fully saturated rings. The van der Waals surface area contributed by atoms with Gasteiger partial charge in [0.25, 0.3) is 0 Å². The molecule has 0 spiro atoms. The highest BCUT2D eigenvalue weighted by Gasteiger charge is 2.28. The van der Waals surface area contributed by atoms with E-state index >= 15 is 0 Å². The van der Waals surface area contributed by atoms with E-state index in [9.17, 15) is 0 Å². The van der Waals surface area contributed by atoms with Gasteiger partial charge in [-0.25, -0.2) is 4.98 Å². The van der Waals surface area contributed by atoms with Crippen LogP contribution in [0, 0.1) is 12.8 Å². The van der Waals surface area contributed by atoms with E-state index in [0.717, 1.165) is 65.8 Å². The van der Waals surface area contributed by atoms with Gasteiger partial charge in [0.1, 0.15) is 17.3 Å². The third kappa shape index (κ3) is 3.80. The zero-order valence-electron chi connectivity index (χ0n) is 17.7. The molecule has 0 bridgehead atoms. The van der Waals surface area contributed by atoms with Crippen molar-refractivity contribution >= 4 is 23.1 Å². The molecule has 154 valence electrons. The minimum absolute atomic E-state index is 0.633. The van der Waals surface area contributed by atoms with Crippen LogP contribution in [0.4, 0.5) is 5.82 Å². The van der Waals surface area contributed by atoms with Crippen molar-refractivity contribution in [1.29, 1.82) is 0 Å². The number of hydrogen-bond donors (Lipinski definition) is 0. The van der Waals surface area contributed by atoms with E-state index in [1.54, 1.807) is 7.11 Å². The van der Waals surface area contributed by atoms with E-state index in [1.807, 2.05) is 31.5 Å². The maximum absolute atomic E-state index is 6.65. The summed E-state index contributed by atoms with van der Waals surface area (Å²) in [5, 5.41) is 0.633. The van der Waals surface area contributed by atoms with Crippen LogP contribution in [-0.4, -0.2) is 34.6 Å². The lowest BCUT2D eigenvalue weighted by molar-refractivity contribution is 0.416. The molecule has 29 heavy (non-hydrogen) atoms. The van der Waals surface area contributed by atoms with E-state index in [0.29, 0.717) is 5.02 Å². The molecule has 1 aromatic carbocycles. The fourth-order valence-corrected chi connectivity index (χ4v) is 4.38. The van der Waals surface area contributed by atoms with Crippen LogP contribution >= 0.6 is 11.6 Å². The normalized spacial score (nSPS) is 13.8. The summed E-state index contributed by atoms with van der Waals surface area (Å²) in [6.07, 6.45) is 8.51. The van der Waals surface area contributed by atoms with E-state index in [2.05, 4.69) is 28.1 Å². The summed E-state index contributed by atoms with van der Waals surface area (Å²) in [4.78, 5) is 12.2. The van der Waals surface area contributed by atoms with Gasteiger partial charge in [-0.2, -0.15) is 0 Å². The third-order valence-electron chi connectivity index (χ3n) is 5.55. The number of imidazole rings is 1. The number of nitrogens with zero attached hydrogens (tertiary/aromatic N) is 4. The summed E-state index contributed by atoms with van der Waals surface area (Å²) in [5.41, 5.74) is 4.56. The van der Waals surface area contributed by atoms with Gasteiger partial charge in [0, 0.05) is 25.5 Å². The first-order chi connectivity index (χ1) is 14.1. The second kappa shape index (κ2) is 8.23. The highest BCUT2D eigenvalue weighted by Crippen LogP contribution is 2.40. The molecule has 3 aromatic rings. The minimum atomic E-state index is 0.633. The molecule has 0 N–H and O–H groups in total. The van der Waals surface area contributed by atoms with Crippen molar-refractivity contribution in [3.05, 3.63) is 40.8 Å². The number of ether oxygens (including phenoxy) is 1. The van der Waals surface area contributed by atoms with E-state index < -0.39 is 0 Å². The van der Waals surface area contributed by atoms with Crippen molar-refractivity contribution < 1.29 is 4.74 Å². The van der Waals surface area contributed by atoms with Gasteiger partial charge in [-0.15, -0.1) is 0 Å². The molecule has 2 aromatic heterocycles. The first-order valence-electron chi connectivity index (χ1n) is 10.5. The Bertz CT molecular complexity index is 1030. The van der Waals surface area contributed by atoms with Crippen LogP contribution in [0.15, 0.2) is 24.5 Å². The highest BCUT2D eigenvalue weighted by molar-refractivity contribution is 6.34. The summed E-state index contributed by atoms with van der Waals surface area (Å²) in [7, 11) is 1.67. The standard InChI is InChI=1S/C23H29ClN4O/c1-5-10-27(14-16-7-8-16)23-18(6-2)26-22-21(25-9-11-28(22)23)20-17(24)12-15(3)13-19(20)29-4/h9,11-13,16H,5-8,10,14H2,1-4H3. The number of methoxy groups -OCH3 is 1. The van der Waals surface area contributed by atoms with Gasteiger partial charge in [0.15, 0.2) is 5.65 Å². The summed E-state index contributed by atoms with van der Waals surface area (Å²) in [6, 6.07) is 3.94. The van der Waals surface area contributed by atoms with Crippen molar-refractivity contribution in [3.63, 3.8) is 0 Å². The topological polar surface area (TPSA) is 42.7 Å². The lowest BCUT2D eigenvalue weighted by Gasteiger charge is -2.25. The molecule has 4 rings (SSSR count). The van der Waals surface area contributed by atoms with Crippen molar-refractivity contribution in [3.8, 4) is 17.0 Å². The quantitative estimate of drug-likeness (QED) is 0.486. The fourth-order valence-electron chi connectivity index (χ4n) is 4.03. The first kappa shape index (κ1) is 20.0. The Morgan fingerprint density at radius 2 is 2.07 bits per heavy atom. The van der Waals surface area contributed by atoms with Crippen LogP contribution < -0.4 is 9.64 Å². The Morgan fingerprint density at radius 3 is 2.72 bits per heavy atom. The van der Waals surface area contributed by atoms with Crippen LogP contribution in [0.2, 0.25) is 5.02 Å². The summed E-state index contributed by atoms with van der Waals surface area (Å²) in [5.74, 6) is 2.73. The van der Waals surface area contributed by atoms with Crippen LogP contribution in [0.1, 0.15) is 44.4 Å². The van der Waals surface area contributed by atoms with E-state index in [4.69, 9.17) is 21.3 Å². The van der Waals surface area contributed by atoms with Crippen molar-refractivity contribution in [1.82, 2.24) is 14.4 Å². The monoisotopic (exact) mass is 412 g/mol. The average Bonchev–Trinajstić information content (AvgIpc) is 3.44. The zero-order valence-corrected chi connectivity index (χ0v) is 18.5. The molecule has 0 saturated heterocycles. The summed E-state index contributed by atoms with van der Waals surface area (Å²) >= 11 is 6.65. The van der Waals surface area contributed by atoms with Crippen LogP contribution in [0.3, 0.4) is 0 Å². The molecule has 1 aliphatic rings. The number of aromatic nitrogens is 3. The van der Waals surface area contributed by atoms with Gasteiger partial charge in [-0.1, -0.05) is 25.4 Å². The smallest absolute Gasteiger partial charge is 0.165 e. The molecule has 0 aliphatic heterocycles. The number of hydrogen-bond acceptors (Lipinski definition) is 4. The molecule has 0 unspecified atom stereocenters. The lowest BCUT2D eigenvalue weighted by atomic mass is 10.1. The number of aryl methyl sites for hydroxylation is 2. The average molecular weight is 413 g/mol. The van der Waals surface area contributed by atoms with Crippen LogP contribution in [-0.2, 0) is 6.42 Å². The van der Waals surface area contributed by atoms with Gasteiger partial charge >= 0.3 is 0 Å². The number of benzene rings is 1.